The molecule has 1 aromatic rings. The smallest absolute Gasteiger partial charge is 0.0965 e. The van der Waals surface area contributed by atoms with Crippen molar-refractivity contribution in [2.45, 2.75) is 51.7 Å². The predicted molar refractivity (Wildman–Crippen MR) is 92.0 cm³/mol. The summed E-state index contributed by atoms with van der Waals surface area (Å²) in [6.45, 7) is 7.04. The number of hydrogen-bond donors (Lipinski definition) is 4. The van der Waals surface area contributed by atoms with Crippen LogP contribution in [-0.4, -0.2) is 42.5 Å². The molecule has 4 nitrogen and oxygen atoms in total. The third-order valence-electron chi connectivity index (χ3n) is 3.93. The summed E-state index contributed by atoms with van der Waals surface area (Å²) in [6.07, 6.45) is 4.02. The largest absolute Gasteiger partial charge is 0.395 e. The second-order valence-electron chi connectivity index (χ2n) is 5.87. The molecule has 22 heavy (non-hydrogen) atoms. The quantitative estimate of drug-likeness (QED) is 0.447. The molecular formula is C18H32N2O2. The average Bonchev–Trinajstić information content (AvgIpc) is 2.54. The molecule has 1 aromatic carbocycles. The van der Waals surface area contributed by atoms with Crippen LogP contribution in [-0.2, 0) is 0 Å². The average molecular weight is 308 g/mol. The Bertz CT molecular complexity index is 381. The van der Waals surface area contributed by atoms with Crippen LogP contribution in [0, 0.1) is 6.92 Å². The van der Waals surface area contributed by atoms with Gasteiger partial charge in [-0.05, 0) is 45.0 Å². The minimum absolute atomic E-state index is 0.0601. The van der Waals surface area contributed by atoms with Crippen molar-refractivity contribution < 1.29 is 10.2 Å². The lowest BCUT2D eigenvalue weighted by molar-refractivity contribution is 0.0899. The lowest BCUT2D eigenvalue weighted by Gasteiger charge is -2.23. The fourth-order valence-corrected chi connectivity index (χ4v) is 2.46. The van der Waals surface area contributed by atoms with E-state index in [2.05, 4.69) is 17.6 Å². The number of nitrogens with one attached hydrogen (secondary N) is 2. The molecular weight excluding hydrogens is 276 g/mol. The summed E-state index contributed by atoms with van der Waals surface area (Å²) in [5.41, 5.74) is 2.02. The van der Waals surface area contributed by atoms with Crippen LogP contribution in [0.3, 0.4) is 0 Å². The Morgan fingerprint density at radius 2 is 1.64 bits per heavy atom. The summed E-state index contributed by atoms with van der Waals surface area (Å²) in [4.78, 5) is 0. The van der Waals surface area contributed by atoms with E-state index in [9.17, 15) is 10.2 Å². The number of rotatable bonds is 12. The van der Waals surface area contributed by atoms with Crippen LogP contribution in [0.5, 0.6) is 0 Å². The number of aliphatic hydroxyl groups is 2. The number of benzene rings is 1. The first-order valence-corrected chi connectivity index (χ1v) is 8.48. The highest BCUT2D eigenvalue weighted by atomic mass is 16.3. The van der Waals surface area contributed by atoms with E-state index in [1.54, 1.807) is 0 Å². The van der Waals surface area contributed by atoms with E-state index in [1.807, 2.05) is 31.2 Å². The molecule has 0 saturated heterocycles. The normalized spacial score (nSPS) is 14.0. The first-order valence-electron chi connectivity index (χ1n) is 8.48. The molecule has 0 aliphatic rings. The first-order chi connectivity index (χ1) is 10.7. The van der Waals surface area contributed by atoms with Crippen molar-refractivity contribution >= 4 is 0 Å². The van der Waals surface area contributed by atoms with Gasteiger partial charge in [-0.3, -0.25) is 0 Å². The van der Waals surface area contributed by atoms with E-state index in [1.165, 1.54) is 24.8 Å². The Balaban J connectivity index is 2.22. The molecule has 0 aliphatic carbocycles. The Kier molecular flexibility index (Phi) is 10.1. The molecule has 0 aliphatic heterocycles. The van der Waals surface area contributed by atoms with E-state index in [0.717, 1.165) is 31.6 Å². The molecule has 0 spiro atoms. The van der Waals surface area contributed by atoms with Gasteiger partial charge in [0.1, 0.15) is 0 Å². The van der Waals surface area contributed by atoms with Crippen LogP contribution in [0.25, 0.3) is 0 Å². The molecule has 0 fully saturated rings. The van der Waals surface area contributed by atoms with Gasteiger partial charge in [-0.25, -0.2) is 0 Å². The topological polar surface area (TPSA) is 64.5 Å². The summed E-state index contributed by atoms with van der Waals surface area (Å²) in [5, 5.41) is 26.4. The molecule has 0 bridgehead atoms. The van der Waals surface area contributed by atoms with Crippen molar-refractivity contribution in [1.29, 1.82) is 0 Å². The van der Waals surface area contributed by atoms with Gasteiger partial charge in [0.25, 0.3) is 0 Å². The summed E-state index contributed by atoms with van der Waals surface area (Å²) in [7, 11) is 0. The summed E-state index contributed by atoms with van der Waals surface area (Å²) < 4.78 is 0. The van der Waals surface area contributed by atoms with Crippen LogP contribution in [0.4, 0.5) is 0 Å². The minimum atomic E-state index is -0.667. The lowest BCUT2D eigenvalue weighted by atomic mass is 10.0. The molecule has 0 amide bonds. The molecule has 0 unspecified atom stereocenters. The Hall–Kier alpha value is -0.940. The Morgan fingerprint density at radius 3 is 2.23 bits per heavy atom. The number of aliphatic hydroxyl groups excluding tert-OH is 2. The van der Waals surface area contributed by atoms with Crippen molar-refractivity contribution in [3.63, 3.8) is 0 Å². The van der Waals surface area contributed by atoms with Crippen LogP contribution in [0.1, 0.15) is 49.8 Å². The third-order valence-corrected chi connectivity index (χ3v) is 3.93. The zero-order chi connectivity index (χ0) is 16.2. The maximum atomic E-state index is 10.3. The van der Waals surface area contributed by atoms with Crippen LogP contribution in [0.2, 0.25) is 0 Å². The number of unbranched alkanes of at least 4 members (excludes halogenated alkanes) is 3. The lowest BCUT2D eigenvalue weighted by Crippen LogP contribution is -2.38. The van der Waals surface area contributed by atoms with Gasteiger partial charge in [-0.15, -0.1) is 0 Å². The molecule has 4 N–H and O–H groups in total. The monoisotopic (exact) mass is 308 g/mol. The molecule has 0 radical (unpaired) electrons. The number of aryl methyl sites for hydroxylation is 1. The second-order valence-corrected chi connectivity index (χ2v) is 5.87. The molecule has 1 rings (SSSR count). The van der Waals surface area contributed by atoms with Gasteiger partial charge < -0.3 is 20.8 Å². The zero-order valence-corrected chi connectivity index (χ0v) is 14.0. The maximum absolute atomic E-state index is 10.3. The first kappa shape index (κ1) is 19.1. The van der Waals surface area contributed by atoms with Gasteiger partial charge in [0.15, 0.2) is 0 Å². The molecule has 4 heteroatoms. The van der Waals surface area contributed by atoms with Crippen LogP contribution >= 0.6 is 0 Å². The molecule has 0 saturated carbocycles. The van der Waals surface area contributed by atoms with E-state index >= 15 is 0 Å². The van der Waals surface area contributed by atoms with E-state index in [-0.39, 0.29) is 12.6 Å². The van der Waals surface area contributed by atoms with Gasteiger partial charge in [0.2, 0.25) is 0 Å². The van der Waals surface area contributed by atoms with Crippen LogP contribution < -0.4 is 10.6 Å². The van der Waals surface area contributed by atoms with Gasteiger partial charge in [-0.2, -0.15) is 0 Å². The number of hydrogen-bond acceptors (Lipinski definition) is 4. The molecule has 126 valence electrons. The van der Waals surface area contributed by atoms with Crippen molar-refractivity contribution in [2.24, 2.45) is 0 Å². The maximum Gasteiger partial charge on any atom is 0.0965 e. The highest BCUT2D eigenvalue weighted by Crippen LogP contribution is 2.17. The van der Waals surface area contributed by atoms with E-state index in [0.29, 0.717) is 0 Å². The van der Waals surface area contributed by atoms with Crippen molar-refractivity contribution in [3.8, 4) is 0 Å². The van der Waals surface area contributed by atoms with Crippen molar-refractivity contribution in [1.82, 2.24) is 10.6 Å². The minimum Gasteiger partial charge on any atom is -0.395 e. The van der Waals surface area contributed by atoms with E-state index < -0.39 is 6.10 Å². The molecule has 0 heterocycles. The zero-order valence-electron chi connectivity index (χ0n) is 14.0. The van der Waals surface area contributed by atoms with Crippen LogP contribution in [0.15, 0.2) is 24.3 Å². The molecule has 0 aromatic heterocycles. The van der Waals surface area contributed by atoms with Crippen molar-refractivity contribution in [2.75, 3.05) is 26.2 Å². The van der Waals surface area contributed by atoms with Gasteiger partial charge in [-0.1, -0.05) is 49.6 Å². The highest BCUT2D eigenvalue weighted by Gasteiger charge is 2.19. The predicted octanol–water partition coefficient (Wildman–Crippen LogP) is 2.15. The SMILES string of the molecule is CCNCCCCCCN[C@H](CO)[C@H](O)c1ccc(C)cc1. The Morgan fingerprint density at radius 1 is 1.00 bits per heavy atom. The van der Waals surface area contributed by atoms with Gasteiger partial charge in [0, 0.05) is 0 Å². The standard InChI is InChI=1S/C18H32N2O2/c1-3-19-12-6-4-5-7-13-20-17(14-21)18(22)16-10-8-15(2)9-11-16/h8-11,17-22H,3-7,12-14H2,1-2H3/t17-,18-/m1/s1. The van der Waals surface area contributed by atoms with Crippen molar-refractivity contribution in [3.05, 3.63) is 35.4 Å². The second kappa shape index (κ2) is 11.6. The fourth-order valence-electron chi connectivity index (χ4n) is 2.46. The Labute approximate surface area is 134 Å². The summed E-state index contributed by atoms with van der Waals surface area (Å²) >= 11 is 0. The highest BCUT2D eigenvalue weighted by molar-refractivity contribution is 5.24. The summed E-state index contributed by atoms with van der Waals surface area (Å²) in [5.74, 6) is 0. The summed E-state index contributed by atoms with van der Waals surface area (Å²) in [6, 6.07) is 7.51. The van der Waals surface area contributed by atoms with Gasteiger partial charge >= 0.3 is 0 Å². The van der Waals surface area contributed by atoms with E-state index in [4.69, 9.17) is 0 Å². The third kappa shape index (κ3) is 7.36. The molecule has 2 atom stereocenters. The fraction of sp³-hybridized carbons (Fsp3) is 0.667. The van der Waals surface area contributed by atoms with Gasteiger partial charge in [0.05, 0.1) is 18.8 Å².